The molecule has 2 aromatic rings. The number of carbonyl (C=O) groups excluding carboxylic acids is 2. The van der Waals surface area contributed by atoms with E-state index in [1.54, 1.807) is 25.1 Å². The fraction of sp³-hybridized carbons (Fsp3) is 0.118. The van der Waals surface area contributed by atoms with Gasteiger partial charge in [0.15, 0.2) is 0 Å². The number of hydrazone groups is 1. The van der Waals surface area contributed by atoms with Crippen LogP contribution in [0.4, 0.5) is 0 Å². The van der Waals surface area contributed by atoms with Gasteiger partial charge in [-0.3, -0.25) is 9.59 Å². The lowest BCUT2D eigenvalue weighted by atomic mass is 10.1. The van der Waals surface area contributed by atoms with Crippen LogP contribution in [0.1, 0.15) is 24.1 Å². The number of phenolic OH excluding ortho intramolecular Hbond substituents is 1. The quantitative estimate of drug-likeness (QED) is 0.456. The van der Waals surface area contributed by atoms with Crippen LogP contribution in [0.5, 0.6) is 5.75 Å². The van der Waals surface area contributed by atoms with Crippen LogP contribution in [0.2, 0.25) is 0 Å². The topological polar surface area (TPSA) is 90.8 Å². The Morgan fingerprint density at radius 2 is 1.70 bits per heavy atom. The van der Waals surface area contributed by atoms with Crippen molar-refractivity contribution in [3.8, 4) is 5.75 Å². The van der Waals surface area contributed by atoms with E-state index in [2.05, 4.69) is 15.8 Å². The molecule has 2 aromatic carbocycles. The second-order valence-corrected chi connectivity index (χ2v) is 4.86. The van der Waals surface area contributed by atoms with Gasteiger partial charge in [0.2, 0.25) is 0 Å². The van der Waals surface area contributed by atoms with Gasteiger partial charge in [0.1, 0.15) is 5.75 Å². The zero-order valence-electron chi connectivity index (χ0n) is 12.6. The maximum Gasteiger partial charge on any atom is 0.329 e. The van der Waals surface area contributed by atoms with Crippen LogP contribution >= 0.6 is 0 Å². The van der Waals surface area contributed by atoms with E-state index in [1.807, 2.05) is 30.3 Å². The lowest BCUT2D eigenvalue weighted by Gasteiger charge is -2.13. The van der Waals surface area contributed by atoms with Crippen LogP contribution in [-0.2, 0) is 9.59 Å². The Kier molecular flexibility index (Phi) is 5.46. The predicted octanol–water partition coefficient (Wildman–Crippen LogP) is 1.72. The molecule has 0 saturated heterocycles. The number of amides is 2. The fourth-order valence-corrected chi connectivity index (χ4v) is 1.90. The Morgan fingerprint density at radius 3 is 2.39 bits per heavy atom. The lowest BCUT2D eigenvalue weighted by Crippen LogP contribution is -2.39. The Balaban J connectivity index is 1.88. The molecule has 23 heavy (non-hydrogen) atoms. The number of carbonyl (C=O) groups is 2. The van der Waals surface area contributed by atoms with Crippen molar-refractivity contribution in [3.05, 3.63) is 65.7 Å². The monoisotopic (exact) mass is 311 g/mol. The number of nitrogens with one attached hydrogen (secondary N) is 2. The smallest absolute Gasteiger partial charge is 0.329 e. The SMILES string of the molecule is C[C@H](NC(=O)C(=O)N/N=C/c1ccccc1O)c1ccccc1. The summed E-state index contributed by atoms with van der Waals surface area (Å²) in [6.45, 7) is 1.78. The van der Waals surface area contributed by atoms with Crippen LogP contribution in [0, 0.1) is 0 Å². The molecule has 0 spiro atoms. The molecule has 0 heterocycles. The summed E-state index contributed by atoms with van der Waals surface area (Å²) < 4.78 is 0. The van der Waals surface area contributed by atoms with Crippen molar-refractivity contribution in [2.75, 3.05) is 0 Å². The number of aromatic hydroxyl groups is 1. The van der Waals surface area contributed by atoms with Crippen LogP contribution in [0.15, 0.2) is 59.7 Å². The first-order valence-electron chi connectivity index (χ1n) is 7.05. The molecule has 0 aliphatic rings. The van der Waals surface area contributed by atoms with Crippen molar-refractivity contribution in [2.45, 2.75) is 13.0 Å². The highest BCUT2D eigenvalue weighted by atomic mass is 16.3. The van der Waals surface area contributed by atoms with Gasteiger partial charge in [0.25, 0.3) is 0 Å². The molecule has 0 saturated carbocycles. The molecule has 6 nitrogen and oxygen atoms in total. The van der Waals surface area contributed by atoms with Crippen LogP contribution in [0.25, 0.3) is 0 Å². The van der Waals surface area contributed by atoms with Crippen LogP contribution in [-0.4, -0.2) is 23.1 Å². The average Bonchev–Trinajstić information content (AvgIpc) is 2.57. The third-order valence-corrected chi connectivity index (χ3v) is 3.16. The van der Waals surface area contributed by atoms with Crippen molar-refractivity contribution in [1.82, 2.24) is 10.7 Å². The van der Waals surface area contributed by atoms with Gasteiger partial charge in [-0.1, -0.05) is 42.5 Å². The van der Waals surface area contributed by atoms with Crippen LogP contribution < -0.4 is 10.7 Å². The summed E-state index contributed by atoms with van der Waals surface area (Å²) >= 11 is 0. The van der Waals surface area contributed by atoms with Crippen molar-refractivity contribution in [1.29, 1.82) is 0 Å². The molecule has 1 atom stereocenters. The highest BCUT2D eigenvalue weighted by molar-refractivity contribution is 6.35. The second kappa shape index (κ2) is 7.74. The molecule has 0 aliphatic carbocycles. The van der Waals surface area contributed by atoms with Gasteiger partial charge in [0, 0.05) is 5.56 Å². The minimum Gasteiger partial charge on any atom is -0.507 e. The maximum absolute atomic E-state index is 11.8. The molecule has 6 heteroatoms. The molecule has 118 valence electrons. The van der Waals surface area contributed by atoms with Gasteiger partial charge < -0.3 is 10.4 Å². The number of phenols is 1. The Hall–Kier alpha value is -3.15. The van der Waals surface area contributed by atoms with E-state index in [0.717, 1.165) is 5.56 Å². The number of rotatable bonds is 4. The summed E-state index contributed by atoms with van der Waals surface area (Å²) in [6.07, 6.45) is 1.27. The third-order valence-electron chi connectivity index (χ3n) is 3.16. The van der Waals surface area contributed by atoms with Crippen molar-refractivity contribution >= 4 is 18.0 Å². The van der Waals surface area contributed by atoms with E-state index in [1.165, 1.54) is 12.3 Å². The summed E-state index contributed by atoms with van der Waals surface area (Å²) in [6, 6.07) is 15.5. The number of hydrogen-bond donors (Lipinski definition) is 3. The number of hydrogen-bond acceptors (Lipinski definition) is 4. The van der Waals surface area contributed by atoms with Gasteiger partial charge >= 0.3 is 11.8 Å². The molecule has 2 rings (SSSR count). The van der Waals surface area contributed by atoms with E-state index in [0.29, 0.717) is 5.56 Å². The first kappa shape index (κ1) is 16.2. The van der Waals surface area contributed by atoms with Gasteiger partial charge in [-0.05, 0) is 24.6 Å². The van der Waals surface area contributed by atoms with Crippen molar-refractivity contribution < 1.29 is 14.7 Å². The Bertz CT molecular complexity index is 714. The van der Waals surface area contributed by atoms with Gasteiger partial charge in [-0.2, -0.15) is 5.10 Å². The summed E-state index contributed by atoms with van der Waals surface area (Å²) in [7, 11) is 0. The summed E-state index contributed by atoms with van der Waals surface area (Å²) in [5.41, 5.74) is 3.45. The van der Waals surface area contributed by atoms with Crippen molar-refractivity contribution in [2.24, 2.45) is 5.10 Å². The zero-order chi connectivity index (χ0) is 16.7. The van der Waals surface area contributed by atoms with E-state index >= 15 is 0 Å². The molecule has 0 aliphatic heterocycles. The zero-order valence-corrected chi connectivity index (χ0v) is 12.6. The molecule has 0 radical (unpaired) electrons. The van der Waals surface area contributed by atoms with E-state index < -0.39 is 11.8 Å². The van der Waals surface area contributed by atoms with E-state index in [-0.39, 0.29) is 11.8 Å². The summed E-state index contributed by atoms with van der Waals surface area (Å²) in [4.78, 5) is 23.5. The first-order valence-corrected chi connectivity index (χ1v) is 7.05. The largest absolute Gasteiger partial charge is 0.507 e. The molecule has 2 amide bonds. The number of para-hydroxylation sites is 1. The molecule has 0 aromatic heterocycles. The minimum absolute atomic E-state index is 0.0349. The van der Waals surface area contributed by atoms with Crippen molar-refractivity contribution in [3.63, 3.8) is 0 Å². The first-order chi connectivity index (χ1) is 11.1. The highest BCUT2D eigenvalue weighted by Gasteiger charge is 2.16. The highest BCUT2D eigenvalue weighted by Crippen LogP contribution is 2.12. The normalized spacial score (nSPS) is 11.9. The predicted molar refractivity (Wildman–Crippen MR) is 86.8 cm³/mol. The van der Waals surface area contributed by atoms with E-state index in [9.17, 15) is 14.7 Å². The molecule has 0 fully saturated rings. The molecular weight excluding hydrogens is 294 g/mol. The fourth-order valence-electron chi connectivity index (χ4n) is 1.90. The minimum atomic E-state index is -0.876. The lowest BCUT2D eigenvalue weighted by molar-refractivity contribution is -0.139. The molecule has 0 bridgehead atoms. The van der Waals surface area contributed by atoms with E-state index in [4.69, 9.17) is 0 Å². The maximum atomic E-state index is 11.8. The van der Waals surface area contributed by atoms with Gasteiger partial charge in [-0.25, -0.2) is 5.43 Å². The average molecular weight is 311 g/mol. The second-order valence-electron chi connectivity index (χ2n) is 4.86. The third kappa shape index (κ3) is 4.67. The molecule has 3 N–H and O–H groups in total. The summed E-state index contributed by atoms with van der Waals surface area (Å²) in [5.74, 6) is -1.62. The van der Waals surface area contributed by atoms with Gasteiger partial charge in [-0.15, -0.1) is 0 Å². The van der Waals surface area contributed by atoms with Gasteiger partial charge in [0.05, 0.1) is 12.3 Å². The number of benzene rings is 2. The molecular formula is C17H17N3O3. The standard InChI is InChI=1S/C17H17N3O3/c1-12(13-7-3-2-4-8-13)19-16(22)17(23)20-18-11-14-9-5-6-10-15(14)21/h2-12,21H,1H3,(H,19,22)(H,20,23)/b18-11+/t12-/m0/s1. The molecule has 0 unspecified atom stereocenters. The summed E-state index contributed by atoms with van der Waals surface area (Å²) in [5, 5.41) is 15.8. The van der Waals surface area contributed by atoms with Crippen LogP contribution in [0.3, 0.4) is 0 Å². The Morgan fingerprint density at radius 1 is 1.04 bits per heavy atom. The number of nitrogens with zero attached hydrogens (tertiary/aromatic N) is 1. The Labute approximate surface area is 133 Å².